The van der Waals surface area contributed by atoms with Crippen molar-refractivity contribution in [2.24, 2.45) is 5.73 Å². The van der Waals surface area contributed by atoms with Crippen LogP contribution in [-0.2, 0) is 0 Å². The van der Waals surface area contributed by atoms with Gasteiger partial charge in [-0.05, 0) is 31.4 Å². The number of aromatic nitrogens is 2. The first-order valence-electron chi connectivity index (χ1n) is 6.79. The van der Waals surface area contributed by atoms with Gasteiger partial charge in [-0.3, -0.25) is 0 Å². The van der Waals surface area contributed by atoms with Crippen LogP contribution in [0.2, 0.25) is 0 Å². The average molecular weight is 256 g/mol. The summed E-state index contributed by atoms with van der Waals surface area (Å²) in [4.78, 5) is 10.0. The molecule has 3 rings (SSSR count). The van der Waals surface area contributed by atoms with Crippen molar-refractivity contribution < 1.29 is 0 Å². The van der Waals surface area contributed by atoms with Gasteiger partial charge in [-0.15, -0.1) is 0 Å². The van der Waals surface area contributed by atoms with Crippen LogP contribution in [0.4, 0.5) is 5.69 Å². The molecule has 0 bridgehead atoms. The van der Waals surface area contributed by atoms with Crippen LogP contribution in [-0.4, -0.2) is 29.1 Å². The van der Waals surface area contributed by atoms with Crippen molar-refractivity contribution in [3.63, 3.8) is 0 Å². The van der Waals surface area contributed by atoms with E-state index in [1.165, 1.54) is 5.69 Å². The summed E-state index contributed by atoms with van der Waals surface area (Å²) in [5, 5.41) is 1.16. The lowest BCUT2D eigenvalue weighted by molar-refractivity contribution is 0.506. The Hall–Kier alpha value is -1.81. The first kappa shape index (κ1) is 12.2. The van der Waals surface area contributed by atoms with Gasteiger partial charge in [-0.25, -0.2) is 4.98 Å². The quantitative estimate of drug-likeness (QED) is 0.868. The van der Waals surface area contributed by atoms with Crippen molar-refractivity contribution in [2.75, 3.05) is 18.0 Å². The minimum absolute atomic E-state index is 0.258. The monoisotopic (exact) mass is 256 g/mol. The third kappa shape index (κ3) is 2.12. The van der Waals surface area contributed by atoms with Gasteiger partial charge in [0.15, 0.2) is 0 Å². The standard InChI is InChI=1S/C15H20N4/c1-10(2)13-8-18-15-12(5-6-17-15)14(13)19-7-3-4-11(16)9-19/h5-6,8,11H,1,3-4,7,9,16H2,2H3,(H,17,18). The van der Waals surface area contributed by atoms with Gasteiger partial charge in [-0.2, -0.15) is 0 Å². The first-order valence-corrected chi connectivity index (χ1v) is 6.79. The summed E-state index contributed by atoms with van der Waals surface area (Å²) in [7, 11) is 0. The van der Waals surface area contributed by atoms with Gasteiger partial charge in [0, 0.05) is 42.5 Å². The van der Waals surface area contributed by atoms with Crippen molar-refractivity contribution in [2.45, 2.75) is 25.8 Å². The Kier molecular flexibility index (Phi) is 3.03. The maximum absolute atomic E-state index is 6.12. The fourth-order valence-corrected chi connectivity index (χ4v) is 2.86. The zero-order chi connectivity index (χ0) is 13.4. The zero-order valence-electron chi connectivity index (χ0n) is 11.3. The van der Waals surface area contributed by atoms with Crippen LogP contribution in [0, 0.1) is 0 Å². The molecule has 2 aromatic heterocycles. The molecule has 0 spiro atoms. The van der Waals surface area contributed by atoms with E-state index in [-0.39, 0.29) is 6.04 Å². The molecule has 0 amide bonds. The first-order chi connectivity index (χ1) is 9.16. The third-order valence-electron chi connectivity index (χ3n) is 3.79. The SMILES string of the molecule is C=C(C)c1cnc2[nH]ccc2c1N1CCCC(N)C1. The Labute approximate surface area is 113 Å². The second-order valence-corrected chi connectivity index (χ2v) is 5.39. The second-order valence-electron chi connectivity index (χ2n) is 5.39. The summed E-state index contributed by atoms with van der Waals surface area (Å²) in [6.07, 6.45) is 6.11. The predicted octanol–water partition coefficient (Wildman–Crippen LogP) is 2.52. The number of piperidine rings is 1. The van der Waals surface area contributed by atoms with E-state index in [0.717, 1.165) is 48.1 Å². The molecule has 2 aromatic rings. The Bertz CT molecular complexity index is 614. The van der Waals surface area contributed by atoms with Crippen LogP contribution in [0.3, 0.4) is 0 Å². The number of rotatable bonds is 2. The summed E-state index contributed by atoms with van der Waals surface area (Å²) < 4.78 is 0. The van der Waals surface area contributed by atoms with Crippen molar-refractivity contribution in [1.29, 1.82) is 0 Å². The molecule has 1 saturated heterocycles. The minimum Gasteiger partial charge on any atom is -0.369 e. The van der Waals surface area contributed by atoms with E-state index in [4.69, 9.17) is 5.73 Å². The van der Waals surface area contributed by atoms with E-state index in [2.05, 4.69) is 27.5 Å². The Morgan fingerprint density at radius 2 is 2.42 bits per heavy atom. The topological polar surface area (TPSA) is 57.9 Å². The van der Waals surface area contributed by atoms with E-state index in [1.54, 1.807) is 0 Å². The molecule has 0 aromatic carbocycles. The molecular formula is C15H20N4. The maximum Gasteiger partial charge on any atom is 0.139 e. The summed E-state index contributed by atoms with van der Waals surface area (Å²) in [6.45, 7) is 8.07. The van der Waals surface area contributed by atoms with Crippen molar-refractivity contribution >= 4 is 22.3 Å². The normalized spacial score (nSPS) is 19.9. The van der Waals surface area contributed by atoms with Crippen LogP contribution >= 0.6 is 0 Å². The third-order valence-corrected chi connectivity index (χ3v) is 3.79. The Morgan fingerprint density at radius 3 is 3.16 bits per heavy atom. The lowest BCUT2D eigenvalue weighted by Gasteiger charge is -2.34. The van der Waals surface area contributed by atoms with Gasteiger partial charge >= 0.3 is 0 Å². The smallest absolute Gasteiger partial charge is 0.139 e. The number of nitrogens with one attached hydrogen (secondary N) is 1. The molecule has 0 saturated carbocycles. The molecule has 1 atom stereocenters. The van der Waals surface area contributed by atoms with Crippen molar-refractivity contribution in [3.8, 4) is 0 Å². The summed E-state index contributed by atoms with van der Waals surface area (Å²) in [6, 6.07) is 2.35. The largest absolute Gasteiger partial charge is 0.369 e. The lowest BCUT2D eigenvalue weighted by Crippen LogP contribution is -2.43. The van der Waals surface area contributed by atoms with E-state index in [9.17, 15) is 0 Å². The minimum atomic E-state index is 0.258. The van der Waals surface area contributed by atoms with E-state index in [0.29, 0.717) is 0 Å². The highest BCUT2D eigenvalue weighted by atomic mass is 15.2. The van der Waals surface area contributed by atoms with Gasteiger partial charge < -0.3 is 15.6 Å². The van der Waals surface area contributed by atoms with Crippen LogP contribution in [0.1, 0.15) is 25.3 Å². The van der Waals surface area contributed by atoms with E-state index >= 15 is 0 Å². The zero-order valence-corrected chi connectivity index (χ0v) is 11.3. The highest BCUT2D eigenvalue weighted by Crippen LogP contribution is 2.34. The fourth-order valence-electron chi connectivity index (χ4n) is 2.86. The summed E-state index contributed by atoms with van der Waals surface area (Å²) >= 11 is 0. The van der Waals surface area contributed by atoms with E-state index < -0.39 is 0 Å². The molecule has 3 N–H and O–H groups in total. The fraction of sp³-hybridized carbons (Fsp3) is 0.400. The highest BCUT2D eigenvalue weighted by Gasteiger charge is 2.22. The van der Waals surface area contributed by atoms with Crippen LogP contribution < -0.4 is 10.6 Å². The van der Waals surface area contributed by atoms with E-state index in [1.807, 2.05) is 19.3 Å². The van der Waals surface area contributed by atoms with Gasteiger partial charge in [0.2, 0.25) is 0 Å². The van der Waals surface area contributed by atoms with Gasteiger partial charge in [0.25, 0.3) is 0 Å². The summed E-state index contributed by atoms with van der Waals surface area (Å²) in [5.74, 6) is 0. The molecule has 4 nitrogen and oxygen atoms in total. The number of fused-ring (bicyclic) bond motifs is 1. The highest BCUT2D eigenvalue weighted by molar-refractivity contribution is 5.96. The lowest BCUT2D eigenvalue weighted by atomic mass is 10.0. The van der Waals surface area contributed by atoms with Crippen LogP contribution in [0.25, 0.3) is 16.6 Å². The van der Waals surface area contributed by atoms with Crippen LogP contribution in [0.5, 0.6) is 0 Å². The molecule has 0 aliphatic carbocycles. The molecule has 0 radical (unpaired) electrons. The summed E-state index contributed by atoms with van der Waals surface area (Å²) in [5.41, 5.74) is 10.5. The number of aromatic amines is 1. The molecule has 1 fully saturated rings. The molecule has 4 heteroatoms. The molecule has 100 valence electrons. The number of anilines is 1. The molecule has 1 unspecified atom stereocenters. The molecule has 1 aliphatic heterocycles. The Morgan fingerprint density at radius 1 is 1.58 bits per heavy atom. The number of nitrogens with two attached hydrogens (primary N) is 1. The average Bonchev–Trinajstić information content (AvgIpc) is 2.85. The van der Waals surface area contributed by atoms with Gasteiger partial charge in [0.1, 0.15) is 5.65 Å². The van der Waals surface area contributed by atoms with Gasteiger partial charge in [0.05, 0.1) is 5.69 Å². The number of allylic oxidation sites excluding steroid dienone is 1. The predicted molar refractivity (Wildman–Crippen MR) is 80.2 cm³/mol. The van der Waals surface area contributed by atoms with Crippen molar-refractivity contribution in [3.05, 3.63) is 30.6 Å². The van der Waals surface area contributed by atoms with Gasteiger partial charge in [-0.1, -0.05) is 6.58 Å². The number of pyridine rings is 1. The number of hydrogen-bond donors (Lipinski definition) is 2. The molecule has 19 heavy (non-hydrogen) atoms. The second kappa shape index (κ2) is 4.70. The molecule has 3 heterocycles. The molecule has 1 aliphatic rings. The van der Waals surface area contributed by atoms with Crippen molar-refractivity contribution in [1.82, 2.24) is 9.97 Å². The number of nitrogens with zero attached hydrogens (tertiary/aromatic N) is 2. The Balaban J connectivity index is 2.15. The number of hydrogen-bond acceptors (Lipinski definition) is 3. The van der Waals surface area contributed by atoms with Crippen LogP contribution in [0.15, 0.2) is 25.0 Å². The maximum atomic E-state index is 6.12. The molecular weight excluding hydrogens is 236 g/mol. The number of H-pyrrole nitrogens is 1.